The third kappa shape index (κ3) is 7.27. The maximum Gasteiger partial charge on any atom is 0.338 e. The van der Waals surface area contributed by atoms with Crippen LogP contribution >= 0.6 is 45.2 Å². The fourth-order valence-electron chi connectivity index (χ4n) is 3.67. The van der Waals surface area contributed by atoms with Crippen molar-refractivity contribution in [2.24, 2.45) is 5.10 Å². The molecule has 2 aromatic carbocycles. The smallest absolute Gasteiger partial charge is 0.338 e. The van der Waals surface area contributed by atoms with E-state index in [1.165, 1.54) is 7.11 Å². The summed E-state index contributed by atoms with van der Waals surface area (Å²) in [4.78, 5) is 36.9. The van der Waals surface area contributed by atoms with E-state index in [9.17, 15) is 14.4 Å². The van der Waals surface area contributed by atoms with Crippen LogP contribution < -0.4 is 30.8 Å². The number of hydrogen-bond acceptors (Lipinski definition) is 8. The van der Waals surface area contributed by atoms with E-state index in [1.807, 2.05) is 19.2 Å². The summed E-state index contributed by atoms with van der Waals surface area (Å²) in [5.41, 5.74) is 5.57. The summed E-state index contributed by atoms with van der Waals surface area (Å²) in [6.07, 6.45) is 1.56. The Labute approximate surface area is 247 Å². The molecule has 13 heteroatoms. The molecule has 4 N–H and O–H groups in total. The van der Waals surface area contributed by atoms with Crippen molar-refractivity contribution in [1.82, 2.24) is 16.1 Å². The molecular weight excluding hydrogens is 720 g/mol. The minimum absolute atomic E-state index is 0.194. The Morgan fingerprint density at radius 2 is 1.87 bits per heavy atom. The number of benzene rings is 2. The first kappa shape index (κ1) is 29.5. The van der Waals surface area contributed by atoms with Crippen molar-refractivity contribution < 1.29 is 28.6 Å². The van der Waals surface area contributed by atoms with Crippen molar-refractivity contribution in [3.05, 3.63) is 59.9 Å². The molecule has 1 aliphatic heterocycles. The second-order valence-corrected chi connectivity index (χ2v) is 10.2. The van der Waals surface area contributed by atoms with E-state index >= 15 is 0 Å². The highest BCUT2D eigenvalue weighted by molar-refractivity contribution is 14.1. The minimum Gasteiger partial charge on any atom is -0.493 e. The lowest BCUT2D eigenvalue weighted by molar-refractivity contribution is -0.139. The predicted molar refractivity (Wildman–Crippen MR) is 159 cm³/mol. The molecule has 0 bridgehead atoms. The number of urea groups is 1. The predicted octanol–water partition coefficient (Wildman–Crippen LogP) is 3.67. The van der Waals surface area contributed by atoms with Crippen LogP contribution in [-0.2, 0) is 14.3 Å². The lowest BCUT2D eigenvalue weighted by Gasteiger charge is -2.28. The summed E-state index contributed by atoms with van der Waals surface area (Å²) in [5.74, 6) is -0.374. The first-order chi connectivity index (χ1) is 18.2. The van der Waals surface area contributed by atoms with Crippen molar-refractivity contribution >= 4 is 75.0 Å². The molecular formula is C25H27I2N5O6. The van der Waals surface area contributed by atoms with Gasteiger partial charge in [0.2, 0.25) is 0 Å². The van der Waals surface area contributed by atoms with E-state index in [-0.39, 0.29) is 18.8 Å². The molecule has 1 aliphatic rings. The fourth-order valence-corrected chi connectivity index (χ4v) is 6.02. The zero-order chi connectivity index (χ0) is 27.8. The molecule has 0 aliphatic carbocycles. The van der Waals surface area contributed by atoms with E-state index < -0.39 is 23.9 Å². The van der Waals surface area contributed by atoms with Gasteiger partial charge in [0, 0.05) is 19.9 Å². The number of anilines is 1. The van der Waals surface area contributed by atoms with E-state index in [1.54, 1.807) is 38.3 Å². The minimum atomic E-state index is -0.753. The molecule has 1 heterocycles. The first-order valence-corrected chi connectivity index (χ1v) is 13.6. The van der Waals surface area contributed by atoms with E-state index in [4.69, 9.17) is 14.2 Å². The first-order valence-electron chi connectivity index (χ1n) is 11.4. The molecule has 0 saturated heterocycles. The summed E-state index contributed by atoms with van der Waals surface area (Å²) in [6.45, 7) is 3.22. The van der Waals surface area contributed by atoms with Gasteiger partial charge in [0.15, 0.2) is 18.1 Å². The molecule has 0 unspecified atom stereocenters. The Kier molecular flexibility index (Phi) is 10.6. The van der Waals surface area contributed by atoms with Crippen molar-refractivity contribution in [1.29, 1.82) is 0 Å². The summed E-state index contributed by atoms with van der Waals surface area (Å²) < 4.78 is 18.3. The monoisotopic (exact) mass is 747 g/mol. The number of esters is 1. The van der Waals surface area contributed by atoms with Crippen molar-refractivity contribution in [3.8, 4) is 11.5 Å². The Balaban J connectivity index is 1.68. The van der Waals surface area contributed by atoms with E-state index in [2.05, 4.69) is 71.7 Å². The lowest BCUT2D eigenvalue weighted by atomic mass is 9.95. The Morgan fingerprint density at radius 1 is 1.16 bits per heavy atom. The number of amides is 3. The number of nitrogens with zero attached hydrogens (tertiary/aromatic N) is 1. The van der Waals surface area contributed by atoms with Gasteiger partial charge in [-0.25, -0.2) is 15.0 Å². The molecule has 1 atom stereocenters. The third-order valence-electron chi connectivity index (χ3n) is 5.36. The Hall–Kier alpha value is -3.08. The van der Waals surface area contributed by atoms with Crippen LogP contribution in [0, 0.1) is 7.14 Å². The molecule has 0 radical (unpaired) electrons. The molecule has 202 valence electrons. The van der Waals surface area contributed by atoms with E-state index in [0.717, 1.165) is 18.4 Å². The largest absolute Gasteiger partial charge is 0.493 e. The van der Waals surface area contributed by atoms with Crippen LogP contribution in [0.5, 0.6) is 11.5 Å². The number of hydrazone groups is 1. The standard InChI is InChI=1S/C25H27I2N5O6/c1-5-37-24(34)21-13(2)30-25(35)31-22(21)15-6-7-18(19(10-15)36-4)38-12-20(33)32-29-11-14-8-16(26)23(28-3)17(27)9-14/h6-11,22,28H,5,12H2,1-4H3,(H,32,33)(H2,30,31,35)/b29-11-/t22-/m0/s1. The van der Waals surface area contributed by atoms with Crippen LogP contribution in [0.4, 0.5) is 10.5 Å². The van der Waals surface area contributed by atoms with Crippen LogP contribution in [0.2, 0.25) is 0 Å². The number of carbonyl (C=O) groups excluding carboxylic acids is 3. The van der Waals surface area contributed by atoms with Gasteiger partial charge in [-0.2, -0.15) is 5.10 Å². The summed E-state index contributed by atoms with van der Waals surface area (Å²) >= 11 is 4.46. The van der Waals surface area contributed by atoms with Gasteiger partial charge in [0.05, 0.1) is 37.2 Å². The van der Waals surface area contributed by atoms with Crippen LogP contribution in [0.1, 0.15) is 31.0 Å². The van der Waals surface area contributed by atoms with Gasteiger partial charge < -0.3 is 30.2 Å². The molecule has 38 heavy (non-hydrogen) atoms. The van der Waals surface area contributed by atoms with Crippen LogP contribution in [0.25, 0.3) is 0 Å². The number of carbonyl (C=O) groups is 3. The number of rotatable bonds is 10. The SMILES string of the molecule is CCOC(=O)C1=C(C)NC(=O)N[C@H]1c1ccc(OCC(=O)N/N=C\c2cc(I)c(NC)c(I)c2)c(OC)c1. The van der Waals surface area contributed by atoms with Crippen molar-refractivity contribution in [3.63, 3.8) is 0 Å². The van der Waals surface area contributed by atoms with E-state index in [0.29, 0.717) is 22.8 Å². The fraction of sp³-hybridized carbons (Fsp3) is 0.280. The molecule has 0 aromatic heterocycles. The van der Waals surface area contributed by atoms with Crippen molar-refractivity contribution in [2.45, 2.75) is 19.9 Å². The second kappa shape index (κ2) is 13.6. The number of halogens is 2. The average Bonchev–Trinajstić information content (AvgIpc) is 2.86. The van der Waals surface area contributed by atoms with Crippen molar-refractivity contribution in [2.75, 3.05) is 32.7 Å². The Bertz CT molecular complexity index is 1270. The van der Waals surface area contributed by atoms with Gasteiger partial charge in [-0.05, 0) is 94.4 Å². The topological polar surface area (TPSA) is 139 Å². The number of ether oxygens (including phenoxy) is 3. The maximum atomic E-state index is 12.5. The van der Waals surface area contributed by atoms with Gasteiger partial charge in [0.25, 0.3) is 5.91 Å². The summed E-state index contributed by atoms with van der Waals surface area (Å²) in [5, 5.41) is 12.5. The number of allylic oxidation sites excluding steroid dienone is 1. The Morgan fingerprint density at radius 3 is 2.50 bits per heavy atom. The zero-order valence-corrected chi connectivity index (χ0v) is 25.4. The number of hydrogen-bond donors (Lipinski definition) is 4. The molecule has 3 rings (SSSR count). The van der Waals surface area contributed by atoms with Gasteiger partial charge in [-0.15, -0.1) is 0 Å². The van der Waals surface area contributed by atoms with Crippen LogP contribution in [0.15, 0.2) is 46.7 Å². The highest BCUT2D eigenvalue weighted by Crippen LogP contribution is 2.34. The van der Waals surface area contributed by atoms with Crippen LogP contribution in [0.3, 0.4) is 0 Å². The highest BCUT2D eigenvalue weighted by atomic mass is 127. The van der Waals surface area contributed by atoms with Gasteiger partial charge in [-0.1, -0.05) is 6.07 Å². The summed E-state index contributed by atoms with van der Waals surface area (Å²) in [6, 6.07) is 7.60. The molecule has 3 amide bonds. The van der Waals surface area contributed by atoms with Gasteiger partial charge in [0.1, 0.15) is 0 Å². The number of nitrogens with one attached hydrogen (secondary N) is 4. The molecule has 0 saturated carbocycles. The average molecular weight is 747 g/mol. The molecule has 0 spiro atoms. The van der Waals surface area contributed by atoms with Gasteiger partial charge in [-0.3, -0.25) is 4.79 Å². The highest BCUT2D eigenvalue weighted by Gasteiger charge is 2.32. The molecule has 2 aromatic rings. The quantitative estimate of drug-likeness (QED) is 0.126. The third-order valence-corrected chi connectivity index (χ3v) is 7.06. The molecule has 0 fully saturated rings. The lowest BCUT2D eigenvalue weighted by Crippen LogP contribution is -2.45. The molecule has 11 nitrogen and oxygen atoms in total. The summed E-state index contributed by atoms with van der Waals surface area (Å²) in [7, 11) is 3.31. The number of methoxy groups -OCH3 is 1. The van der Waals surface area contributed by atoms with Gasteiger partial charge >= 0.3 is 12.0 Å². The van der Waals surface area contributed by atoms with Crippen LogP contribution in [-0.4, -0.2) is 51.5 Å². The normalized spacial score (nSPS) is 15.0. The zero-order valence-electron chi connectivity index (χ0n) is 21.1. The maximum absolute atomic E-state index is 12.5. The second-order valence-electron chi connectivity index (χ2n) is 7.89.